The van der Waals surface area contributed by atoms with Gasteiger partial charge >= 0.3 is 0 Å². The molecule has 4 heterocycles. The lowest BCUT2D eigenvalue weighted by Gasteiger charge is -2.30. The highest BCUT2D eigenvalue weighted by molar-refractivity contribution is 7.71. The van der Waals surface area contributed by atoms with Crippen LogP contribution < -0.4 is 10.1 Å². The summed E-state index contributed by atoms with van der Waals surface area (Å²) in [5.74, 6) is 1.37. The molecule has 2 aromatic heterocycles. The Morgan fingerprint density at radius 2 is 1.97 bits per heavy atom. The molecule has 2 aliphatic heterocycles. The molecule has 8 nitrogen and oxygen atoms in total. The lowest BCUT2D eigenvalue weighted by Crippen LogP contribution is -2.35. The van der Waals surface area contributed by atoms with Crippen LogP contribution in [0, 0.1) is 4.51 Å². The fourth-order valence-corrected chi connectivity index (χ4v) is 5.56. The third-order valence-electron chi connectivity index (χ3n) is 7.10. The van der Waals surface area contributed by atoms with Crippen LogP contribution in [0.15, 0.2) is 55.0 Å². The minimum Gasteiger partial charge on any atom is -0.478 e. The quantitative estimate of drug-likeness (QED) is 0.353. The molecule has 0 bridgehead atoms. The minimum absolute atomic E-state index is 0.212. The zero-order valence-electron chi connectivity index (χ0n) is 21.0. The van der Waals surface area contributed by atoms with Crippen molar-refractivity contribution in [2.75, 3.05) is 26.3 Å². The monoisotopic (exact) mass is 549 g/mol. The van der Waals surface area contributed by atoms with Gasteiger partial charge in [-0.05, 0) is 35.4 Å². The van der Waals surface area contributed by atoms with Crippen molar-refractivity contribution in [2.24, 2.45) is 7.05 Å². The van der Waals surface area contributed by atoms with Gasteiger partial charge in [0.15, 0.2) is 11.9 Å². The topological polar surface area (TPSA) is 73.6 Å². The second-order valence-corrected chi connectivity index (χ2v) is 10.6. The highest BCUT2D eigenvalue weighted by Gasteiger charge is 2.28. The first-order chi connectivity index (χ1) is 18.5. The Labute approximate surface area is 230 Å². The second kappa shape index (κ2) is 10.5. The summed E-state index contributed by atoms with van der Waals surface area (Å²) in [7, 11) is 1.96. The summed E-state index contributed by atoms with van der Waals surface area (Å²) in [5.41, 5.74) is 3.42. The number of rotatable bonds is 6. The molecule has 2 aromatic carbocycles. The van der Waals surface area contributed by atoms with Gasteiger partial charge in [0.2, 0.25) is 0 Å². The zero-order valence-corrected chi connectivity index (χ0v) is 22.6. The summed E-state index contributed by atoms with van der Waals surface area (Å²) in [6.45, 7) is 4.85. The number of imidazole rings is 1. The number of morpholine rings is 1. The van der Waals surface area contributed by atoms with E-state index in [1.54, 1.807) is 6.20 Å². The number of benzene rings is 2. The first-order valence-corrected chi connectivity index (χ1v) is 13.4. The first kappa shape index (κ1) is 25.1. The van der Waals surface area contributed by atoms with E-state index in [2.05, 4.69) is 31.9 Å². The fourth-order valence-electron chi connectivity index (χ4n) is 5.13. The maximum absolute atomic E-state index is 13.4. The Morgan fingerprint density at radius 3 is 2.71 bits per heavy atom. The van der Waals surface area contributed by atoms with Gasteiger partial charge in [-0.25, -0.2) is 4.98 Å². The predicted octanol–water partition coefficient (Wildman–Crippen LogP) is 4.65. The molecule has 1 amide bonds. The maximum Gasteiger partial charge on any atom is 0.254 e. The number of ether oxygens (including phenoxy) is 2. The second-order valence-electron chi connectivity index (χ2n) is 9.71. The molecule has 38 heavy (non-hydrogen) atoms. The molecule has 1 atom stereocenters. The van der Waals surface area contributed by atoms with E-state index in [4.69, 9.17) is 33.3 Å². The molecule has 1 unspecified atom stereocenters. The highest BCUT2D eigenvalue weighted by Crippen LogP contribution is 2.38. The van der Waals surface area contributed by atoms with Gasteiger partial charge in [-0.3, -0.25) is 9.69 Å². The molecular weight excluding hydrogens is 522 g/mol. The van der Waals surface area contributed by atoms with Crippen molar-refractivity contribution in [3.63, 3.8) is 0 Å². The SMILES string of the molecule is Cn1ccnc1C1Cn2cc(C(=O)NCc3ccc(Cl)cc3)c(=S)c3cc(CN4CCOCC4)cc(c32)O1. The normalized spacial score (nSPS) is 17.4. The highest BCUT2D eigenvalue weighted by atomic mass is 35.5. The largest absolute Gasteiger partial charge is 0.478 e. The van der Waals surface area contributed by atoms with E-state index in [-0.39, 0.29) is 12.0 Å². The van der Waals surface area contributed by atoms with Crippen LogP contribution in [0.2, 0.25) is 5.02 Å². The van der Waals surface area contributed by atoms with Gasteiger partial charge in [0.05, 0.1) is 35.3 Å². The third kappa shape index (κ3) is 4.94. The number of aromatic nitrogens is 3. The fraction of sp³-hybridized carbons (Fsp3) is 0.321. The van der Waals surface area contributed by atoms with Gasteiger partial charge in [0, 0.05) is 62.2 Å². The van der Waals surface area contributed by atoms with Gasteiger partial charge in [-0.15, -0.1) is 0 Å². The van der Waals surface area contributed by atoms with Gasteiger partial charge in [0.1, 0.15) is 5.75 Å². The number of carbonyl (C=O) groups is 1. The number of carbonyl (C=O) groups excluding carboxylic acids is 1. The Balaban J connectivity index is 1.39. The van der Waals surface area contributed by atoms with Gasteiger partial charge in [-0.1, -0.05) is 36.0 Å². The van der Waals surface area contributed by atoms with Crippen molar-refractivity contribution >= 4 is 40.6 Å². The molecule has 196 valence electrons. The molecule has 0 saturated carbocycles. The molecule has 10 heteroatoms. The van der Waals surface area contributed by atoms with Crippen LogP contribution in [0.1, 0.15) is 33.4 Å². The number of hydrogen-bond donors (Lipinski definition) is 1. The van der Waals surface area contributed by atoms with Crippen molar-refractivity contribution in [3.05, 3.63) is 87.0 Å². The van der Waals surface area contributed by atoms with Crippen LogP contribution in [0.5, 0.6) is 5.75 Å². The average Bonchev–Trinajstić information content (AvgIpc) is 3.36. The van der Waals surface area contributed by atoms with Crippen molar-refractivity contribution < 1.29 is 14.3 Å². The lowest BCUT2D eigenvalue weighted by molar-refractivity contribution is 0.0341. The average molecular weight is 550 g/mol. The molecular formula is C28H28ClN5O3S. The Hall–Kier alpha value is -3.24. The smallest absolute Gasteiger partial charge is 0.254 e. The van der Waals surface area contributed by atoms with Crippen LogP contribution in [0.3, 0.4) is 0 Å². The van der Waals surface area contributed by atoms with Crippen LogP contribution >= 0.6 is 23.8 Å². The van der Waals surface area contributed by atoms with Gasteiger partial charge < -0.3 is 23.9 Å². The van der Waals surface area contributed by atoms with E-state index in [1.165, 1.54) is 0 Å². The summed E-state index contributed by atoms with van der Waals surface area (Å²) in [4.78, 5) is 20.3. The summed E-state index contributed by atoms with van der Waals surface area (Å²) in [5, 5.41) is 4.52. The van der Waals surface area contributed by atoms with Crippen LogP contribution in [-0.2, 0) is 31.4 Å². The maximum atomic E-state index is 13.4. The molecule has 1 N–H and O–H groups in total. The molecule has 4 aromatic rings. The Kier molecular flexibility index (Phi) is 6.92. The standard InChI is InChI=1S/C28H28ClN5O3S/c1-32-7-6-30-27(32)24-17-34-16-22(28(35)31-14-18-2-4-20(29)5-3-18)26(38)21-12-19(13-23(37-24)25(21)34)15-33-8-10-36-11-9-33/h2-7,12-13,16,24H,8-11,14-15,17H2,1H3,(H,31,35). The number of nitrogens with zero attached hydrogens (tertiary/aromatic N) is 4. The molecule has 6 rings (SSSR count). The number of halogens is 1. The molecule has 1 saturated heterocycles. The van der Waals surface area contributed by atoms with Crippen molar-refractivity contribution in [1.82, 2.24) is 24.3 Å². The number of amides is 1. The van der Waals surface area contributed by atoms with E-state index < -0.39 is 0 Å². The summed E-state index contributed by atoms with van der Waals surface area (Å²) in [6.07, 6.45) is 5.23. The van der Waals surface area contributed by atoms with E-state index in [0.717, 1.165) is 66.5 Å². The molecule has 0 spiro atoms. The van der Waals surface area contributed by atoms with E-state index in [1.807, 2.05) is 48.3 Å². The number of hydrogen-bond acceptors (Lipinski definition) is 6. The number of aryl methyl sites for hydroxylation is 1. The number of pyridine rings is 1. The Bertz CT molecular complexity index is 1560. The van der Waals surface area contributed by atoms with Crippen LogP contribution in [0.4, 0.5) is 0 Å². The minimum atomic E-state index is -0.296. The van der Waals surface area contributed by atoms with Crippen LogP contribution in [0.25, 0.3) is 10.9 Å². The van der Waals surface area contributed by atoms with Gasteiger partial charge in [-0.2, -0.15) is 0 Å². The van der Waals surface area contributed by atoms with E-state index >= 15 is 0 Å². The predicted molar refractivity (Wildman–Crippen MR) is 148 cm³/mol. The van der Waals surface area contributed by atoms with Crippen molar-refractivity contribution in [3.8, 4) is 5.75 Å². The van der Waals surface area contributed by atoms with Crippen LogP contribution in [-0.4, -0.2) is 51.2 Å². The molecule has 0 aliphatic carbocycles. The zero-order chi connectivity index (χ0) is 26.2. The molecule has 0 radical (unpaired) electrons. The van der Waals surface area contributed by atoms with Crippen molar-refractivity contribution in [1.29, 1.82) is 0 Å². The van der Waals surface area contributed by atoms with E-state index in [9.17, 15) is 4.79 Å². The Morgan fingerprint density at radius 1 is 1.18 bits per heavy atom. The molecule has 1 fully saturated rings. The number of nitrogens with one attached hydrogen (secondary N) is 1. The third-order valence-corrected chi connectivity index (χ3v) is 7.79. The summed E-state index contributed by atoms with van der Waals surface area (Å²) >= 11 is 11.9. The molecule has 2 aliphatic rings. The first-order valence-electron chi connectivity index (χ1n) is 12.6. The van der Waals surface area contributed by atoms with Crippen molar-refractivity contribution in [2.45, 2.75) is 25.7 Å². The summed E-state index contributed by atoms with van der Waals surface area (Å²) < 4.78 is 16.6. The van der Waals surface area contributed by atoms with Gasteiger partial charge in [0.25, 0.3) is 5.91 Å². The van der Waals surface area contributed by atoms with E-state index in [0.29, 0.717) is 28.2 Å². The lowest BCUT2D eigenvalue weighted by atomic mass is 10.0. The summed E-state index contributed by atoms with van der Waals surface area (Å²) in [6, 6.07) is 11.6.